The molecule has 144 valence electrons. The Hall–Kier alpha value is -1.33. The zero-order chi connectivity index (χ0) is 18.9. The van der Waals surface area contributed by atoms with Crippen LogP contribution in [0.2, 0.25) is 18.1 Å². The molecule has 1 unspecified atom stereocenters. The fourth-order valence-corrected chi connectivity index (χ4v) is 4.77. The smallest absolute Gasteiger partial charge is 0.410 e. The predicted octanol–water partition coefficient (Wildman–Crippen LogP) is 4.91. The fraction of sp³-hybridized carbons (Fsp3) is 0.667. The number of fused-ring (bicyclic) bond motifs is 1. The van der Waals surface area contributed by atoms with Crippen LogP contribution in [0, 0.1) is 17.8 Å². The third-order valence-corrected chi connectivity index (χ3v) is 11.1. The zero-order valence-corrected chi connectivity index (χ0v) is 17.8. The predicted molar refractivity (Wildman–Crippen MR) is 106 cm³/mol. The van der Waals surface area contributed by atoms with E-state index in [2.05, 4.69) is 33.9 Å². The van der Waals surface area contributed by atoms with Crippen molar-refractivity contribution in [1.29, 1.82) is 0 Å². The molecule has 1 aliphatic carbocycles. The minimum absolute atomic E-state index is 0.169. The van der Waals surface area contributed by atoms with E-state index in [1.165, 1.54) is 0 Å². The van der Waals surface area contributed by atoms with Gasteiger partial charge in [-0.05, 0) is 47.9 Å². The topological polar surface area (TPSA) is 38.8 Å². The maximum atomic E-state index is 12.2. The molecule has 1 aromatic rings. The van der Waals surface area contributed by atoms with Crippen molar-refractivity contribution in [2.75, 3.05) is 19.7 Å². The first-order valence-corrected chi connectivity index (χ1v) is 12.7. The van der Waals surface area contributed by atoms with Crippen molar-refractivity contribution >= 4 is 14.4 Å². The summed E-state index contributed by atoms with van der Waals surface area (Å²) in [6, 6.07) is 9.85. The third-order valence-electron chi connectivity index (χ3n) is 6.55. The van der Waals surface area contributed by atoms with E-state index in [0.717, 1.165) is 37.6 Å². The van der Waals surface area contributed by atoms with Gasteiger partial charge in [-0.3, -0.25) is 0 Å². The highest BCUT2D eigenvalue weighted by Crippen LogP contribution is 2.53. The van der Waals surface area contributed by atoms with Gasteiger partial charge in [0.05, 0.1) is 0 Å². The van der Waals surface area contributed by atoms with Crippen LogP contribution in [0.1, 0.15) is 32.8 Å². The Balaban J connectivity index is 1.35. The van der Waals surface area contributed by atoms with E-state index in [1.807, 2.05) is 35.2 Å². The molecule has 0 aromatic heterocycles. The van der Waals surface area contributed by atoms with Crippen molar-refractivity contribution in [3.05, 3.63) is 35.9 Å². The SMILES string of the molecule is CC(C)(C)[Si](C)(C)OCCC1[C@H]2CN(C(=O)OCc3ccccc3)C[C@@H]12. The molecule has 1 amide bonds. The standard InChI is InChI=1S/C21H33NO3Si/c1-21(2,3)26(4,5)25-12-11-17-18-13-22(14-19(17)18)20(23)24-15-16-9-7-6-8-10-16/h6-10,17-19H,11-15H2,1-5H3/t17?,18-,19+. The van der Waals surface area contributed by atoms with Crippen LogP contribution in [-0.2, 0) is 15.8 Å². The average molecular weight is 376 g/mol. The number of carbonyl (C=O) groups excluding carboxylic acids is 1. The lowest BCUT2D eigenvalue weighted by Crippen LogP contribution is -2.41. The van der Waals surface area contributed by atoms with Crippen LogP contribution < -0.4 is 0 Å². The van der Waals surface area contributed by atoms with Crippen LogP contribution in [0.3, 0.4) is 0 Å². The minimum Gasteiger partial charge on any atom is -0.445 e. The molecule has 0 spiro atoms. The molecule has 2 fully saturated rings. The summed E-state index contributed by atoms with van der Waals surface area (Å²) in [4.78, 5) is 14.1. The molecule has 1 saturated heterocycles. The second-order valence-corrected chi connectivity index (χ2v) is 14.1. The number of piperidine rings is 1. The number of amides is 1. The highest BCUT2D eigenvalue weighted by atomic mass is 28.4. The van der Waals surface area contributed by atoms with Crippen LogP contribution in [0.4, 0.5) is 4.79 Å². The second kappa shape index (κ2) is 7.35. The molecule has 26 heavy (non-hydrogen) atoms. The van der Waals surface area contributed by atoms with Gasteiger partial charge in [-0.2, -0.15) is 0 Å². The van der Waals surface area contributed by atoms with Crippen LogP contribution in [0.25, 0.3) is 0 Å². The molecule has 4 nitrogen and oxygen atoms in total. The van der Waals surface area contributed by atoms with Crippen LogP contribution in [0.15, 0.2) is 30.3 Å². The summed E-state index contributed by atoms with van der Waals surface area (Å²) in [5.74, 6) is 2.04. The van der Waals surface area contributed by atoms with Crippen molar-refractivity contribution in [2.45, 2.75) is 51.9 Å². The highest BCUT2D eigenvalue weighted by Gasteiger charge is 2.56. The maximum Gasteiger partial charge on any atom is 0.410 e. The lowest BCUT2D eigenvalue weighted by molar-refractivity contribution is 0.0981. The Kier molecular flexibility index (Phi) is 5.49. The highest BCUT2D eigenvalue weighted by molar-refractivity contribution is 6.74. The maximum absolute atomic E-state index is 12.2. The van der Waals surface area contributed by atoms with E-state index < -0.39 is 8.32 Å². The molecule has 0 bridgehead atoms. The zero-order valence-electron chi connectivity index (χ0n) is 16.8. The number of likely N-dealkylation sites (tertiary alicyclic amines) is 1. The summed E-state index contributed by atoms with van der Waals surface area (Å²) in [5, 5.41) is 0.270. The van der Waals surface area contributed by atoms with E-state index in [4.69, 9.17) is 9.16 Å². The van der Waals surface area contributed by atoms with Gasteiger partial charge in [0.2, 0.25) is 0 Å². The van der Waals surface area contributed by atoms with Gasteiger partial charge in [0.1, 0.15) is 6.61 Å². The largest absolute Gasteiger partial charge is 0.445 e. The first kappa shape index (κ1) is 19.4. The molecule has 1 heterocycles. The lowest BCUT2D eigenvalue weighted by Gasteiger charge is -2.36. The number of nitrogens with zero attached hydrogens (tertiary/aromatic N) is 1. The minimum atomic E-state index is -1.64. The molecular weight excluding hydrogens is 342 g/mol. The summed E-state index contributed by atoms with van der Waals surface area (Å²) in [6.07, 6.45) is 0.965. The van der Waals surface area contributed by atoms with Crippen molar-refractivity contribution in [3.8, 4) is 0 Å². The Labute approximate surface area is 159 Å². The number of hydrogen-bond donors (Lipinski definition) is 0. The van der Waals surface area contributed by atoms with Crippen molar-refractivity contribution in [1.82, 2.24) is 4.90 Å². The number of benzene rings is 1. The van der Waals surface area contributed by atoms with Crippen LogP contribution in [-0.4, -0.2) is 39.0 Å². The second-order valence-electron chi connectivity index (χ2n) is 9.33. The molecule has 0 N–H and O–H groups in total. The average Bonchev–Trinajstić information content (AvgIpc) is 3.02. The first-order valence-electron chi connectivity index (χ1n) is 9.78. The van der Waals surface area contributed by atoms with Crippen molar-refractivity contribution < 1.29 is 14.0 Å². The van der Waals surface area contributed by atoms with E-state index in [1.54, 1.807) is 0 Å². The summed E-state index contributed by atoms with van der Waals surface area (Å²) >= 11 is 0. The van der Waals surface area contributed by atoms with E-state index in [0.29, 0.717) is 18.4 Å². The van der Waals surface area contributed by atoms with Gasteiger partial charge >= 0.3 is 6.09 Å². The first-order chi connectivity index (χ1) is 12.2. The molecular formula is C21H33NO3Si. The quantitative estimate of drug-likeness (QED) is 0.663. The van der Waals surface area contributed by atoms with Gasteiger partial charge in [0.15, 0.2) is 8.32 Å². The molecule has 1 aliphatic heterocycles. The van der Waals surface area contributed by atoms with Crippen LogP contribution >= 0.6 is 0 Å². The Morgan fingerprint density at radius 3 is 2.35 bits per heavy atom. The number of ether oxygens (including phenoxy) is 1. The summed E-state index contributed by atoms with van der Waals surface area (Å²) in [6.45, 7) is 14.4. The Morgan fingerprint density at radius 1 is 1.15 bits per heavy atom. The number of rotatable bonds is 6. The Bertz CT molecular complexity index is 614. The van der Waals surface area contributed by atoms with E-state index >= 15 is 0 Å². The van der Waals surface area contributed by atoms with Gasteiger partial charge in [0.25, 0.3) is 0 Å². The summed E-state index contributed by atoms with van der Waals surface area (Å²) in [5.41, 5.74) is 1.03. The van der Waals surface area contributed by atoms with Gasteiger partial charge < -0.3 is 14.1 Å². The van der Waals surface area contributed by atoms with E-state index in [9.17, 15) is 4.79 Å². The van der Waals surface area contributed by atoms with Gasteiger partial charge in [-0.25, -0.2) is 4.79 Å². The van der Waals surface area contributed by atoms with Gasteiger partial charge in [-0.1, -0.05) is 51.1 Å². The normalized spacial score (nSPS) is 25.1. The molecule has 1 saturated carbocycles. The number of hydrogen-bond acceptors (Lipinski definition) is 3. The monoisotopic (exact) mass is 375 g/mol. The van der Waals surface area contributed by atoms with Gasteiger partial charge in [0, 0.05) is 19.7 Å². The van der Waals surface area contributed by atoms with E-state index in [-0.39, 0.29) is 11.1 Å². The molecule has 3 rings (SSSR count). The van der Waals surface area contributed by atoms with Gasteiger partial charge in [-0.15, -0.1) is 0 Å². The summed E-state index contributed by atoms with van der Waals surface area (Å²) < 4.78 is 11.8. The Morgan fingerprint density at radius 2 is 1.77 bits per heavy atom. The van der Waals surface area contributed by atoms with Crippen molar-refractivity contribution in [2.24, 2.45) is 17.8 Å². The molecule has 5 heteroatoms. The lowest BCUT2D eigenvalue weighted by atomic mass is 10.2. The molecule has 2 aliphatic rings. The van der Waals surface area contributed by atoms with Crippen molar-refractivity contribution in [3.63, 3.8) is 0 Å². The molecule has 3 atom stereocenters. The third kappa shape index (κ3) is 4.31. The number of carbonyl (C=O) groups is 1. The fourth-order valence-electron chi connectivity index (χ4n) is 3.70. The molecule has 1 aromatic carbocycles. The summed E-state index contributed by atoms with van der Waals surface area (Å²) in [7, 11) is -1.64. The van der Waals surface area contributed by atoms with Crippen LogP contribution in [0.5, 0.6) is 0 Å². The molecule has 0 radical (unpaired) electrons.